The van der Waals surface area contributed by atoms with Gasteiger partial charge >= 0.3 is 0 Å². The fourth-order valence-corrected chi connectivity index (χ4v) is 3.70. The van der Waals surface area contributed by atoms with Crippen molar-refractivity contribution >= 4 is 11.3 Å². The van der Waals surface area contributed by atoms with Gasteiger partial charge in [-0.1, -0.05) is 6.92 Å². The zero-order valence-electron chi connectivity index (χ0n) is 12.2. The molecule has 20 heavy (non-hydrogen) atoms. The smallest absolute Gasteiger partial charge is 0.122 e. The van der Waals surface area contributed by atoms with Crippen LogP contribution in [0, 0.1) is 6.92 Å². The van der Waals surface area contributed by atoms with E-state index in [9.17, 15) is 0 Å². The van der Waals surface area contributed by atoms with Crippen LogP contribution in [0.4, 0.5) is 0 Å². The molecule has 0 amide bonds. The average Bonchev–Trinajstić information content (AvgIpc) is 3.03. The van der Waals surface area contributed by atoms with Crippen molar-refractivity contribution in [2.45, 2.75) is 40.0 Å². The molecule has 2 aromatic rings. The number of nitrogens with one attached hydrogen (secondary N) is 1. The monoisotopic (exact) mass is 290 g/mol. The maximum atomic E-state index is 4.43. The number of rotatable bonds is 5. The second-order valence-corrected chi connectivity index (χ2v) is 6.66. The summed E-state index contributed by atoms with van der Waals surface area (Å²) in [6.07, 6.45) is 3.99. The van der Waals surface area contributed by atoms with Crippen molar-refractivity contribution in [2.75, 3.05) is 13.1 Å². The van der Waals surface area contributed by atoms with Gasteiger partial charge in [-0.3, -0.25) is 4.90 Å². The molecular weight excluding hydrogens is 268 g/mol. The Morgan fingerprint density at radius 1 is 1.40 bits per heavy atom. The SMILES string of the molecule is CCNCc1cc(CN2CCn3ccnc3C2)c(C)s1. The fraction of sp³-hybridized carbons (Fsp3) is 0.533. The van der Waals surface area contributed by atoms with Gasteiger partial charge in [0.1, 0.15) is 5.82 Å². The van der Waals surface area contributed by atoms with Crippen molar-refractivity contribution in [2.24, 2.45) is 0 Å². The lowest BCUT2D eigenvalue weighted by Crippen LogP contribution is -2.33. The summed E-state index contributed by atoms with van der Waals surface area (Å²) in [4.78, 5) is 9.82. The van der Waals surface area contributed by atoms with Crippen LogP contribution in [0.5, 0.6) is 0 Å². The average molecular weight is 290 g/mol. The third-order valence-corrected chi connectivity index (χ3v) is 4.93. The van der Waals surface area contributed by atoms with E-state index in [0.29, 0.717) is 0 Å². The highest BCUT2D eigenvalue weighted by molar-refractivity contribution is 7.12. The van der Waals surface area contributed by atoms with Crippen LogP contribution in [0.15, 0.2) is 18.5 Å². The first-order valence-electron chi connectivity index (χ1n) is 7.27. The van der Waals surface area contributed by atoms with Crippen LogP contribution < -0.4 is 5.32 Å². The van der Waals surface area contributed by atoms with E-state index in [-0.39, 0.29) is 0 Å². The predicted molar refractivity (Wildman–Crippen MR) is 82.8 cm³/mol. The summed E-state index contributed by atoms with van der Waals surface area (Å²) in [7, 11) is 0. The minimum atomic E-state index is 0.963. The molecular formula is C15H22N4S. The van der Waals surface area contributed by atoms with E-state index in [0.717, 1.165) is 39.3 Å². The molecule has 0 saturated carbocycles. The third-order valence-electron chi connectivity index (χ3n) is 3.84. The minimum absolute atomic E-state index is 0.963. The van der Waals surface area contributed by atoms with Gasteiger partial charge in [0.2, 0.25) is 0 Å². The van der Waals surface area contributed by atoms with Gasteiger partial charge in [-0.2, -0.15) is 0 Å². The van der Waals surface area contributed by atoms with Crippen LogP contribution >= 0.6 is 11.3 Å². The van der Waals surface area contributed by atoms with E-state index in [2.05, 4.69) is 45.9 Å². The molecule has 0 bridgehead atoms. The van der Waals surface area contributed by atoms with Gasteiger partial charge in [0.25, 0.3) is 0 Å². The van der Waals surface area contributed by atoms with E-state index in [4.69, 9.17) is 0 Å². The second-order valence-electron chi connectivity index (χ2n) is 5.32. The predicted octanol–water partition coefficient (Wildman–Crippen LogP) is 2.38. The van der Waals surface area contributed by atoms with Gasteiger partial charge in [0.15, 0.2) is 0 Å². The summed E-state index contributed by atoms with van der Waals surface area (Å²) in [6.45, 7) is 10.6. The Labute approximate surface area is 124 Å². The maximum absolute atomic E-state index is 4.43. The maximum Gasteiger partial charge on any atom is 0.122 e. The molecule has 0 aromatic carbocycles. The van der Waals surface area contributed by atoms with Crippen molar-refractivity contribution in [1.82, 2.24) is 19.8 Å². The molecule has 1 aliphatic heterocycles. The number of nitrogens with zero attached hydrogens (tertiary/aromatic N) is 3. The molecule has 0 spiro atoms. The fourth-order valence-electron chi connectivity index (χ4n) is 2.68. The lowest BCUT2D eigenvalue weighted by Gasteiger charge is -2.27. The Bertz CT molecular complexity index is 572. The highest BCUT2D eigenvalue weighted by Gasteiger charge is 2.18. The van der Waals surface area contributed by atoms with Crippen molar-refractivity contribution in [3.63, 3.8) is 0 Å². The Morgan fingerprint density at radius 2 is 2.30 bits per heavy atom. The molecule has 0 unspecified atom stereocenters. The highest BCUT2D eigenvalue weighted by atomic mass is 32.1. The number of aromatic nitrogens is 2. The summed E-state index contributed by atoms with van der Waals surface area (Å²) in [6, 6.07) is 2.36. The lowest BCUT2D eigenvalue weighted by molar-refractivity contribution is 0.209. The Balaban J connectivity index is 1.65. The van der Waals surface area contributed by atoms with Gasteiger partial charge in [0.05, 0.1) is 6.54 Å². The molecule has 1 aliphatic rings. The standard InChI is InChI=1S/C15H22N4S/c1-3-16-9-14-8-13(12(2)20-14)10-18-6-7-19-5-4-17-15(19)11-18/h4-5,8,16H,3,6-7,9-11H2,1-2H3. The molecule has 0 atom stereocenters. The molecule has 3 heterocycles. The summed E-state index contributed by atoms with van der Waals surface area (Å²) < 4.78 is 2.26. The highest BCUT2D eigenvalue weighted by Crippen LogP contribution is 2.24. The van der Waals surface area contributed by atoms with Crippen LogP contribution in [0.3, 0.4) is 0 Å². The number of aryl methyl sites for hydroxylation is 1. The zero-order valence-corrected chi connectivity index (χ0v) is 13.0. The largest absolute Gasteiger partial charge is 0.333 e. The number of imidazole rings is 1. The first-order chi connectivity index (χ1) is 9.76. The van der Waals surface area contributed by atoms with Crippen molar-refractivity contribution in [3.05, 3.63) is 39.6 Å². The van der Waals surface area contributed by atoms with Gasteiger partial charge in [-0.05, 0) is 25.1 Å². The van der Waals surface area contributed by atoms with Crippen LogP contribution in [-0.2, 0) is 26.2 Å². The van der Waals surface area contributed by atoms with Crippen molar-refractivity contribution < 1.29 is 0 Å². The topological polar surface area (TPSA) is 33.1 Å². The van der Waals surface area contributed by atoms with E-state index < -0.39 is 0 Å². The summed E-state index contributed by atoms with van der Waals surface area (Å²) >= 11 is 1.92. The van der Waals surface area contributed by atoms with Crippen LogP contribution in [0.1, 0.15) is 28.1 Å². The van der Waals surface area contributed by atoms with Crippen LogP contribution in [0.25, 0.3) is 0 Å². The normalized spacial score (nSPS) is 15.5. The van der Waals surface area contributed by atoms with Gasteiger partial charge in [-0.25, -0.2) is 4.98 Å². The molecule has 0 fully saturated rings. The molecule has 0 aliphatic carbocycles. The lowest BCUT2D eigenvalue weighted by atomic mass is 10.2. The second kappa shape index (κ2) is 6.08. The Kier molecular flexibility index (Phi) is 4.19. The molecule has 5 heteroatoms. The van der Waals surface area contributed by atoms with E-state index in [1.807, 2.05) is 17.5 Å². The van der Waals surface area contributed by atoms with E-state index >= 15 is 0 Å². The van der Waals surface area contributed by atoms with Crippen molar-refractivity contribution in [3.8, 4) is 0 Å². The first kappa shape index (κ1) is 13.8. The summed E-state index contributed by atoms with van der Waals surface area (Å²) in [5, 5.41) is 3.40. The zero-order chi connectivity index (χ0) is 13.9. The molecule has 0 saturated heterocycles. The van der Waals surface area contributed by atoms with E-state index in [1.165, 1.54) is 21.1 Å². The molecule has 2 aromatic heterocycles. The van der Waals surface area contributed by atoms with Crippen molar-refractivity contribution in [1.29, 1.82) is 0 Å². The third kappa shape index (κ3) is 2.95. The van der Waals surface area contributed by atoms with Gasteiger partial charge in [-0.15, -0.1) is 11.3 Å². The van der Waals surface area contributed by atoms with E-state index in [1.54, 1.807) is 0 Å². The summed E-state index contributed by atoms with van der Waals surface area (Å²) in [5.41, 5.74) is 1.47. The Hall–Kier alpha value is -1.17. The first-order valence-corrected chi connectivity index (χ1v) is 8.09. The number of thiophene rings is 1. The molecule has 108 valence electrons. The summed E-state index contributed by atoms with van der Waals surface area (Å²) in [5.74, 6) is 1.19. The van der Waals surface area contributed by atoms with Gasteiger partial charge in [0, 0.05) is 48.3 Å². The Morgan fingerprint density at radius 3 is 3.15 bits per heavy atom. The minimum Gasteiger partial charge on any atom is -0.333 e. The number of hydrogen-bond acceptors (Lipinski definition) is 4. The molecule has 1 N–H and O–H groups in total. The van der Waals surface area contributed by atoms with Gasteiger partial charge < -0.3 is 9.88 Å². The number of hydrogen-bond donors (Lipinski definition) is 1. The van der Waals surface area contributed by atoms with Crippen LogP contribution in [-0.4, -0.2) is 27.5 Å². The molecule has 0 radical (unpaired) electrons. The molecule has 4 nitrogen and oxygen atoms in total. The quantitative estimate of drug-likeness (QED) is 0.918. The number of fused-ring (bicyclic) bond motifs is 1. The molecule has 3 rings (SSSR count). The van der Waals surface area contributed by atoms with Crippen LogP contribution in [0.2, 0.25) is 0 Å².